The van der Waals surface area contributed by atoms with E-state index < -0.39 is 0 Å². The normalized spacial score (nSPS) is 7.88. The van der Waals surface area contributed by atoms with Gasteiger partial charge < -0.3 is 15.3 Å². The molecule has 0 amide bonds. The molecule has 0 aromatic heterocycles. The van der Waals surface area contributed by atoms with Crippen molar-refractivity contribution in [2.24, 2.45) is 0 Å². The average molecular weight is 323 g/mol. The Kier molecular flexibility index (Phi) is 57.3. The van der Waals surface area contributed by atoms with Gasteiger partial charge in [-0.05, 0) is 19.3 Å². The van der Waals surface area contributed by atoms with Gasteiger partial charge >= 0.3 is 0 Å². The van der Waals surface area contributed by atoms with Crippen LogP contribution in [-0.2, 0) is 19.5 Å². The maximum absolute atomic E-state index is 8.07. The largest absolute Gasteiger partial charge is 0.396 e. The molecule has 3 nitrogen and oxygen atoms in total. The van der Waals surface area contributed by atoms with Gasteiger partial charge in [0.05, 0.1) is 0 Å². The van der Waals surface area contributed by atoms with E-state index in [1.165, 1.54) is 0 Å². The number of hydrogen-bond acceptors (Lipinski definition) is 3. The van der Waals surface area contributed by atoms with Crippen molar-refractivity contribution in [3.05, 3.63) is 0 Å². The number of hydrogen-bond donors (Lipinski definition) is 3. The van der Waals surface area contributed by atoms with Crippen molar-refractivity contribution in [2.75, 3.05) is 19.8 Å². The zero-order chi connectivity index (χ0) is 12.4. The topological polar surface area (TPSA) is 60.7 Å². The molecule has 0 saturated heterocycles. The Bertz CT molecular complexity index is 53.0. The number of aliphatic hydroxyl groups is 3. The summed E-state index contributed by atoms with van der Waals surface area (Å²) in [5.41, 5.74) is 0. The second-order valence-electron chi connectivity index (χ2n) is 3.23. The Morgan fingerprint density at radius 1 is 0.562 bits per heavy atom. The molecule has 0 radical (unpaired) electrons. The Labute approximate surface area is 114 Å². The summed E-state index contributed by atoms with van der Waals surface area (Å²) in [7, 11) is 0. The monoisotopic (exact) mass is 324 g/mol. The first kappa shape index (κ1) is 25.4. The van der Waals surface area contributed by atoms with Crippen LogP contribution in [0.4, 0.5) is 0 Å². The Morgan fingerprint density at radius 3 is 0.750 bits per heavy atom. The van der Waals surface area contributed by atoms with Crippen LogP contribution < -0.4 is 0 Å². The minimum atomic E-state index is 0. The SMILES string of the molecule is CCCCO.CCCCO.CCCCO.[Ru]. The molecule has 3 N–H and O–H groups in total. The first-order chi connectivity index (χ1) is 7.24. The minimum Gasteiger partial charge on any atom is -0.396 e. The van der Waals surface area contributed by atoms with Crippen molar-refractivity contribution < 1.29 is 34.8 Å². The fraction of sp³-hybridized carbons (Fsp3) is 1.00. The van der Waals surface area contributed by atoms with Crippen LogP contribution in [0.15, 0.2) is 0 Å². The zero-order valence-corrected chi connectivity index (χ0v) is 12.8. The second-order valence-corrected chi connectivity index (χ2v) is 3.23. The van der Waals surface area contributed by atoms with E-state index >= 15 is 0 Å². The van der Waals surface area contributed by atoms with Gasteiger partial charge in [0.25, 0.3) is 0 Å². The molecule has 16 heavy (non-hydrogen) atoms. The molecule has 0 rings (SSSR count). The van der Waals surface area contributed by atoms with Crippen molar-refractivity contribution in [3.8, 4) is 0 Å². The van der Waals surface area contributed by atoms with Gasteiger partial charge in [-0.2, -0.15) is 0 Å². The molecule has 104 valence electrons. The fourth-order valence-corrected chi connectivity index (χ4v) is 0.474. The van der Waals surface area contributed by atoms with E-state index in [1.54, 1.807) is 0 Å². The van der Waals surface area contributed by atoms with Crippen LogP contribution in [0.3, 0.4) is 0 Å². The van der Waals surface area contributed by atoms with Crippen LogP contribution in [0.5, 0.6) is 0 Å². The van der Waals surface area contributed by atoms with Crippen LogP contribution in [0.2, 0.25) is 0 Å². The molecule has 0 aromatic carbocycles. The predicted octanol–water partition coefficient (Wildman–Crippen LogP) is 2.33. The molecular formula is C12H30O3Ru. The smallest absolute Gasteiger partial charge is 0.0430 e. The van der Waals surface area contributed by atoms with Gasteiger partial charge in [0.1, 0.15) is 0 Å². The molecule has 0 atom stereocenters. The summed E-state index contributed by atoms with van der Waals surface area (Å²) in [6.45, 7) is 7.19. The number of rotatable bonds is 6. The van der Waals surface area contributed by atoms with E-state index in [9.17, 15) is 0 Å². The molecule has 0 heterocycles. The van der Waals surface area contributed by atoms with E-state index in [-0.39, 0.29) is 19.5 Å². The van der Waals surface area contributed by atoms with Gasteiger partial charge in [-0.15, -0.1) is 0 Å². The summed E-state index contributed by atoms with van der Waals surface area (Å²) in [6, 6.07) is 0. The predicted molar refractivity (Wildman–Crippen MR) is 66.0 cm³/mol. The van der Waals surface area contributed by atoms with Crippen LogP contribution in [0.25, 0.3) is 0 Å². The Morgan fingerprint density at radius 2 is 0.750 bits per heavy atom. The van der Waals surface area contributed by atoms with E-state index in [0.717, 1.165) is 38.5 Å². The Balaban J connectivity index is -0.0000000655. The summed E-state index contributed by atoms with van der Waals surface area (Å²) in [4.78, 5) is 0. The van der Waals surface area contributed by atoms with Gasteiger partial charge in [0, 0.05) is 39.3 Å². The number of unbranched alkanes of at least 4 members (excludes halogenated alkanes) is 3. The molecule has 0 aliphatic rings. The van der Waals surface area contributed by atoms with E-state index in [4.69, 9.17) is 15.3 Å². The van der Waals surface area contributed by atoms with E-state index in [0.29, 0.717) is 19.8 Å². The summed E-state index contributed by atoms with van der Waals surface area (Å²) in [5.74, 6) is 0. The van der Waals surface area contributed by atoms with Gasteiger partial charge in [-0.25, -0.2) is 0 Å². The molecule has 0 saturated carbocycles. The molecule has 0 spiro atoms. The first-order valence-corrected chi connectivity index (χ1v) is 6.07. The van der Waals surface area contributed by atoms with Gasteiger partial charge in [0.15, 0.2) is 0 Å². The van der Waals surface area contributed by atoms with Crippen molar-refractivity contribution in [1.82, 2.24) is 0 Å². The fourth-order valence-electron chi connectivity index (χ4n) is 0.474. The van der Waals surface area contributed by atoms with Gasteiger partial charge in [0.2, 0.25) is 0 Å². The summed E-state index contributed by atoms with van der Waals surface area (Å²) >= 11 is 0. The molecule has 0 aromatic rings. The van der Waals surface area contributed by atoms with Crippen LogP contribution >= 0.6 is 0 Å². The molecule has 4 heteroatoms. The maximum Gasteiger partial charge on any atom is 0.0430 e. The summed E-state index contributed by atoms with van der Waals surface area (Å²) in [5, 5.41) is 24.2. The third-order valence-electron chi connectivity index (χ3n) is 1.54. The molecular weight excluding hydrogens is 293 g/mol. The quantitative estimate of drug-likeness (QED) is 0.658. The minimum absolute atomic E-state index is 0. The van der Waals surface area contributed by atoms with Crippen LogP contribution in [0.1, 0.15) is 59.3 Å². The van der Waals surface area contributed by atoms with Crippen molar-refractivity contribution in [3.63, 3.8) is 0 Å². The molecule has 0 fully saturated rings. The molecule has 0 bridgehead atoms. The number of aliphatic hydroxyl groups excluding tert-OH is 3. The third kappa shape index (κ3) is 62.5. The van der Waals surface area contributed by atoms with Gasteiger partial charge in [-0.1, -0.05) is 40.0 Å². The zero-order valence-electron chi connectivity index (χ0n) is 11.1. The maximum atomic E-state index is 8.07. The van der Waals surface area contributed by atoms with Gasteiger partial charge in [-0.3, -0.25) is 0 Å². The second kappa shape index (κ2) is 36.1. The first-order valence-electron chi connectivity index (χ1n) is 6.07. The third-order valence-corrected chi connectivity index (χ3v) is 1.54. The molecule has 0 unspecified atom stereocenters. The standard InChI is InChI=1S/3C4H10O.Ru/c3*1-2-3-4-5;/h3*5H,2-4H2,1H3;. The molecule has 0 aliphatic carbocycles. The van der Waals surface area contributed by atoms with Crippen molar-refractivity contribution in [1.29, 1.82) is 0 Å². The van der Waals surface area contributed by atoms with Crippen LogP contribution in [-0.4, -0.2) is 35.1 Å². The van der Waals surface area contributed by atoms with Crippen molar-refractivity contribution in [2.45, 2.75) is 59.3 Å². The summed E-state index contributed by atoms with van der Waals surface area (Å²) < 4.78 is 0. The molecule has 0 aliphatic heterocycles. The van der Waals surface area contributed by atoms with Crippen LogP contribution in [0, 0.1) is 0 Å². The summed E-state index contributed by atoms with van der Waals surface area (Å²) in [6.07, 6.45) is 6.11. The average Bonchev–Trinajstić information content (AvgIpc) is 2.23. The van der Waals surface area contributed by atoms with E-state index in [1.807, 2.05) is 0 Å². The van der Waals surface area contributed by atoms with Crippen molar-refractivity contribution >= 4 is 0 Å². The Hall–Kier alpha value is 0.503. The van der Waals surface area contributed by atoms with E-state index in [2.05, 4.69) is 20.8 Å².